The third-order valence-electron chi connectivity index (χ3n) is 4.49. The first-order valence-corrected chi connectivity index (χ1v) is 9.04. The standard InChI is InChI=1S/C18H20N4O8/c19-15-5-7-21(17(24)20-15)16-9-13(23)14(30-16)10-29-18(25)28-8-6-11-1-3-12(4-2-11)22(26)27/h1-5,7,13-14,16,23H,6,8-10H2,(H2,19,20,24)/t13-,14+,16+/m0/s1. The van der Waals surface area contributed by atoms with Crippen molar-refractivity contribution in [2.24, 2.45) is 0 Å². The van der Waals surface area contributed by atoms with E-state index in [1.807, 2.05) is 0 Å². The molecule has 30 heavy (non-hydrogen) atoms. The van der Waals surface area contributed by atoms with Crippen molar-refractivity contribution < 1.29 is 29.0 Å². The molecule has 1 fully saturated rings. The summed E-state index contributed by atoms with van der Waals surface area (Å²) in [6.07, 6.45) is -1.60. The van der Waals surface area contributed by atoms with Crippen LogP contribution in [-0.4, -0.2) is 51.2 Å². The highest BCUT2D eigenvalue weighted by atomic mass is 16.7. The van der Waals surface area contributed by atoms with Crippen molar-refractivity contribution in [3.05, 3.63) is 62.7 Å². The molecule has 1 aliphatic rings. The Morgan fingerprint density at radius 1 is 1.33 bits per heavy atom. The predicted molar refractivity (Wildman–Crippen MR) is 102 cm³/mol. The molecule has 0 bridgehead atoms. The van der Waals surface area contributed by atoms with E-state index in [-0.39, 0.29) is 31.1 Å². The lowest BCUT2D eigenvalue weighted by molar-refractivity contribution is -0.384. The number of anilines is 1. The van der Waals surface area contributed by atoms with E-state index in [1.165, 1.54) is 29.0 Å². The molecule has 1 saturated heterocycles. The van der Waals surface area contributed by atoms with Gasteiger partial charge in [0, 0.05) is 31.2 Å². The lowest BCUT2D eigenvalue weighted by Crippen LogP contribution is -2.29. The lowest BCUT2D eigenvalue weighted by Gasteiger charge is -2.16. The molecule has 0 amide bonds. The first kappa shape index (κ1) is 21.2. The highest BCUT2D eigenvalue weighted by Gasteiger charge is 2.36. The highest BCUT2D eigenvalue weighted by molar-refractivity contribution is 5.59. The summed E-state index contributed by atoms with van der Waals surface area (Å²) in [5.74, 6) is 0.0751. The van der Waals surface area contributed by atoms with Gasteiger partial charge in [0.25, 0.3) is 5.69 Å². The quantitative estimate of drug-likeness (QED) is 0.371. The second-order valence-corrected chi connectivity index (χ2v) is 6.56. The van der Waals surface area contributed by atoms with Crippen molar-refractivity contribution in [2.75, 3.05) is 18.9 Å². The van der Waals surface area contributed by atoms with Gasteiger partial charge in [0.2, 0.25) is 0 Å². The third-order valence-corrected chi connectivity index (χ3v) is 4.49. The number of non-ortho nitro benzene ring substituents is 1. The fourth-order valence-corrected chi connectivity index (χ4v) is 2.91. The Labute approximate surface area is 170 Å². The molecule has 12 nitrogen and oxygen atoms in total. The molecule has 0 spiro atoms. The molecule has 0 unspecified atom stereocenters. The Kier molecular flexibility index (Phi) is 6.59. The fraction of sp³-hybridized carbons (Fsp3) is 0.389. The van der Waals surface area contributed by atoms with Crippen molar-refractivity contribution in [3.63, 3.8) is 0 Å². The molecule has 160 valence electrons. The van der Waals surface area contributed by atoms with Crippen molar-refractivity contribution >= 4 is 17.7 Å². The number of ether oxygens (including phenoxy) is 3. The van der Waals surface area contributed by atoms with Crippen LogP contribution >= 0.6 is 0 Å². The number of carbonyl (C=O) groups is 1. The van der Waals surface area contributed by atoms with Gasteiger partial charge in [-0.05, 0) is 11.6 Å². The topological polar surface area (TPSA) is 169 Å². The van der Waals surface area contributed by atoms with Gasteiger partial charge in [0.05, 0.1) is 17.6 Å². The normalized spacial score (nSPS) is 20.6. The van der Waals surface area contributed by atoms with E-state index >= 15 is 0 Å². The molecule has 2 aromatic rings. The van der Waals surface area contributed by atoms with Crippen molar-refractivity contribution in [3.8, 4) is 0 Å². The molecule has 1 aromatic heterocycles. The second-order valence-electron chi connectivity index (χ2n) is 6.56. The molecule has 3 atom stereocenters. The van der Waals surface area contributed by atoms with Crippen LogP contribution in [0.4, 0.5) is 16.3 Å². The van der Waals surface area contributed by atoms with Gasteiger partial charge < -0.3 is 25.1 Å². The number of benzene rings is 1. The van der Waals surface area contributed by atoms with E-state index in [4.69, 9.17) is 19.9 Å². The van der Waals surface area contributed by atoms with Gasteiger partial charge in [-0.25, -0.2) is 9.59 Å². The molecule has 2 heterocycles. The second kappa shape index (κ2) is 9.33. The first-order chi connectivity index (χ1) is 14.3. The zero-order valence-electron chi connectivity index (χ0n) is 15.7. The summed E-state index contributed by atoms with van der Waals surface area (Å²) >= 11 is 0. The van der Waals surface area contributed by atoms with Gasteiger partial charge in [0.15, 0.2) is 0 Å². The number of hydrogen-bond acceptors (Lipinski definition) is 10. The molecular formula is C18H20N4O8. The van der Waals surface area contributed by atoms with E-state index in [1.54, 1.807) is 12.1 Å². The van der Waals surface area contributed by atoms with E-state index < -0.39 is 35.2 Å². The summed E-state index contributed by atoms with van der Waals surface area (Å²) in [7, 11) is 0. The number of nitro groups is 1. The average molecular weight is 420 g/mol. The monoisotopic (exact) mass is 420 g/mol. The number of nitrogen functional groups attached to an aromatic ring is 1. The van der Waals surface area contributed by atoms with E-state index in [9.17, 15) is 24.8 Å². The molecule has 3 rings (SSSR count). The van der Waals surface area contributed by atoms with Gasteiger partial charge in [-0.2, -0.15) is 4.98 Å². The zero-order valence-corrected chi connectivity index (χ0v) is 15.7. The molecule has 1 aliphatic heterocycles. The number of hydrogen-bond donors (Lipinski definition) is 2. The minimum absolute atomic E-state index is 0.0137. The lowest BCUT2D eigenvalue weighted by atomic mass is 10.1. The highest BCUT2D eigenvalue weighted by Crippen LogP contribution is 2.27. The van der Waals surface area contributed by atoms with Gasteiger partial charge in [-0.1, -0.05) is 12.1 Å². The van der Waals surface area contributed by atoms with Crippen LogP contribution in [0, 0.1) is 10.1 Å². The summed E-state index contributed by atoms with van der Waals surface area (Å²) in [6, 6.07) is 7.31. The average Bonchev–Trinajstić information content (AvgIpc) is 3.07. The van der Waals surface area contributed by atoms with Crippen molar-refractivity contribution in [1.29, 1.82) is 0 Å². The van der Waals surface area contributed by atoms with E-state index in [2.05, 4.69) is 4.98 Å². The summed E-state index contributed by atoms with van der Waals surface area (Å²) in [5.41, 5.74) is 5.57. The molecule has 0 radical (unpaired) electrons. The molecule has 0 aliphatic carbocycles. The Morgan fingerprint density at radius 2 is 2.07 bits per heavy atom. The largest absolute Gasteiger partial charge is 0.508 e. The number of nitrogens with two attached hydrogens (primary N) is 1. The number of aliphatic hydroxyl groups excluding tert-OH is 1. The maximum absolute atomic E-state index is 11.9. The van der Waals surface area contributed by atoms with E-state index in [0.717, 1.165) is 5.56 Å². The molecule has 0 saturated carbocycles. The fourth-order valence-electron chi connectivity index (χ4n) is 2.91. The van der Waals surface area contributed by atoms with Crippen molar-refractivity contribution in [2.45, 2.75) is 31.3 Å². The van der Waals surface area contributed by atoms with Crippen molar-refractivity contribution in [1.82, 2.24) is 9.55 Å². The van der Waals surface area contributed by atoms with Crippen LogP contribution in [0.25, 0.3) is 0 Å². The summed E-state index contributed by atoms with van der Waals surface area (Å²) in [5, 5.41) is 20.7. The summed E-state index contributed by atoms with van der Waals surface area (Å²) < 4.78 is 16.7. The van der Waals surface area contributed by atoms with Crippen LogP contribution in [0.5, 0.6) is 0 Å². The van der Waals surface area contributed by atoms with Crippen LogP contribution < -0.4 is 11.4 Å². The Hall–Kier alpha value is -3.51. The molecular weight excluding hydrogens is 400 g/mol. The maximum atomic E-state index is 11.9. The maximum Gasteiger partial charge on any atom is 0.508 e. The summed E-state index contributed by atoms with van der Waals surface area (Å²) in [4.78, 5) is 37.3. The number of nitrogens with zero attached hydrogens (tertiary/aromatic N) is 3. The molecule has 12 heteroatoms. The van der Waals surface area contributed by atoms with E-state index in [0.29, 0.717) is 6.42 Å². The van der Waals surface area contributed by atoms with Crippen LogP contribution in [0.15, 0.2) is 41.3 Å². The Bertz CT molecular complexity index is 961. The SMILES string of the molecule is Nc1ccn([C@H]2C[C@H](O)[C@@H](COC(=O)OCCc3ccc([N+](=O)[O-])cc3)O2)c(=O)n1. The van der Waals surface area contributed by atoms with Crippen LogP contribution in [0.1, 0.15) is 18.2 Å². The van der Waals surface area contributed by atoms with Crippen LogP contribution in [0.3, 0.4) is 0 Å². The van der Waals surface area contributed by atoms with Gasteiger partial charge >= 0.3 is 11.8 Å². The number of rotatable bonds is 7. The zero-order chi connectivity index (χ0) is 21.7. The number of aromatic nitrogens is 2. The number of aliphatic hydroxyl groups is 1. The van der Waals surface area contributed by atoms with Crippen LogP contribution in [-0.2, 0) is 20.6 Å². The van der Waals surface area contributed by atoms with Crippen LogP contribution in [0.2, 0.25) is 0 Å². The molecule has 1 aromatic carbocycles. The number of carbonyl (C=O) groups excluding carboxylic acids is 1. The van der Waals surface area contributed by atoms with Gasteiger partial charge in [-0.3, -0.25) is 14.7 Å². The smallest absolute Gasteiger partial charge is 0.434 e. The minimum atomic E-state index is -0.952. The summed E-state index contributed by atoms with van der Waals surface area (Å²) in [6.45, 7) is -0.245. The third kappa shape index (κ3) is 5.30. The number of nitro benzene ring substituents is 1. The Balaban J connectivity index is 1.42. The minimum Gasteiger partial charge on any atom is -0.434 e. The molecule has 3 N–H and O–H groups in total. The first-order valence-electron chi connectivity index (χ1n) is 9.04. The Morgan fingerprint density at radius 3 is 2.73 bits per heavy atom. The van der Waals surface area contributed by atoms with Gasteiger partial charge in [-0.15, -0.1) is 0 Å². The predicted octanol–water partition coefficient (Wildman–Crippen LogP) is 0.778. The van der Waals surface area contributed by atoms with Gasteiger partial charge in [0.1, 0.15) is 24.8 Å².